The molecule has 0 fully saturated rings. The second-order valence-corrected chi connectivity index (χ2v) is 3.96. The van der Waals surface area contributed by atoms with Gasteiger partial charge in [0.1, 0.15) is 5.82 Å². The molecule has 1 unspecified atom stereocenters. The molecule has 0 spiro atoms. The number of hydrogen-bond acceptors (Lipinski definition) is 3. The van der Waals surface area contributed by atoms with Crippen molar-refractivity contribution in [2.24, 2.45) is 5.84 Å². The first-order chi connectivity index (χ1) is 7.01. The van der Waals surface area contributed by atoms with E-state index in [4.69, 9.17) is 10.6 Å². The Labute approximate surface area is 89.4 Å². The zero-order chi connectivity index (χ0) is 11.5. The zero-order valence-corrected chi connectivity index (χ0v) is 9.25. The van der Waals surface area contributed by atoms with Crippen molar-refractivity contribution in [2.45, 2.75) is 25.5 Å². The monoisotopic (exact) mass is 212 g/mol. The molecule has 1 aromatic rings. The number of hydrogen-bond donors (Lipinski definition) is 2. The highest BCUT2D eigenvalue weighted by Gasteiger charge is 2.29. The summed E-state index contributed by atoms with van der Waals surface area (Å²) >= 11 is 0. The lowest BCUT2D eigenvalue weighted by molar-refractivity contribution is -0.0112. The van der Waals surface area contributed by atoms with Gasteiger partial charge in [-0.3, -0.25) is 11.3 Å². The SMILES string of the molecule is COC(C)(C)C(NN)c1cccc(F)c1. The highest BCUT2D eigenvalue weighted by molar-refractivity contribution is 5.22. The number of benzene rings is 1. The molecule has 0 heterocycles. The fourth-order valence-electron chi connectivity index (χ4n) is 1.50. The zero-order valence-electron chi connectivity index (χ0n) is 9.25. The Morgan fingerprint density at radius 1 is 1.47 bits per heavy atom. The van der Waals surface area contributed by atoms with Crippen molar-refractivity contribution in [1.82, 2.24) is 5.43 Å². The van der Waals surface area contributed by atoms with E-state index in [1.54, 1.807) is 13.2 Å². The van der Waals surface area contributed by atoms with Gasteiger partial charge in [-0.05, 0) is 31.5 Å². The van der Waals surface area contributed by atoms with E-state index in [2.05, 4.69) is 5.43 Å². The predicted octanol–water partition coefficient (Wildman–Crippen LogP) is 1.76. The van der Waals surface area contributed by atoms with Crippen molar-refractivity contribution in [3.05, 3.63) is 35.6 Å². The summed E-state index contributed by atoms with van der Waals surface area (Å²) in [6.45, 7) is 3.78. The molecule has 3 nitrogen and oxygen atoms in total. The smallest absolute Gasteiger partial charge is 0.123 e. The van der Waals surface area contributed by atoms with E-state index in [1.165, 1.54) is 12.1 Å². The van der Waals surface area contributed by atoms with Gasteiger partial charge in [0.05, 0.1) is 11.6 Å². The van der Waals surface area contributed by atoms with Gasteiger partial charge in [0.25, 0.3) is 0 Å². The van der Waals surface area contributed by atoms with Crippen LogP contribution < -0.4 is 11.3 Å². The lowest BCUT2D eigenvalue weighted by Gasteiger charge is -2.32. The summed E-state index contributed by atoms with van der Waals surface area (Å²) in [7, 11) is 1.60. The molecule has 3 N–H and O–H groups in total. The summed E-state index contributed by atoms with van der Waals surface area (Å²) < 4.78 is 18.4. The average molecular weight is 212 g/mol. The molecule has 0 aliphatic carbocycles. The van der Waals surface area contributed by atoms with Crippen LogP contribution in [0.15, 0.2) is 24.3 Å². The van der Waals surface area contributed by atoms with E-state index in [-0.39, 0.29) is 11.9 Å². The lowest BCUT2D eigenvalue weighted by atomic mass is 9.92. The number of rotatable bonds is 4. The third-order valence-electron chi connectivity index (χ3n) is 2.57. The van der Waals surface area contributed by atoms with Gasteiger partial charge < -0.3 is 4.74 Å². The quantitative estimate of drug-likeness (QED) is 0.590. The highest BCUT2D eigenvalue weighted by Crippen LogP contribution is 2.27. The minimum atomic E-state index is -0.497. The normalized spacial score (nSPS) is 13.9. The number of hydrazine groups is 1. The van der Waals surface area contributed by atoms with Crippen LogP contribution in [0.25, 0.3) is 0 Å². The number of nitrogens with one attached hydrogen (secondary N) is 1. The first kappa shape index (κ1) is 12.1. The molecule has 1 rings (SSSR count). The van der Waals surface area contributed by atoms with Crippen LogP contribution in [-0.4, -0.2) is 12.7 Å². The highest BCUT2D eigenvalue weighted by atomic mass is 19.1. The second-order valence-electron chi connectivity index (χ2n) is 3.96. The molecule has 0 saturated heterocycles. The van der Waals surface area contributed by atoms with Gasteiger partial charge in [0.2, 0.25) is 0 Å². The number of methoxy groups -OCH3 is 1. The molecular formula is C11H17FN2O. The summed E-state index contributed by atoms with van der Waals surface area (Å²) in [4.78, 5) is 0. The van der Waals surface area contributed by atoms with Crippen molar-refractivity contribution >= 4 is 0 Å². The number of ether oxygens (including phenoxy) is 1. The summed E-state index contributed by atoms with van der Waals surface area (Å²) in [5.74, 6) is 5.19. The Balaban J connectivity index is 3.02. The maximum absolute atomic E-state index is 13.0. The summed E-state index contributed by atoms with van der Waals surface area (Å²) in [6.07, 6.45) is 0. The van der Waals surface area contributed by atoms with Gasteiger partial charge in [-0.15, -0.1) is 0 Å². The first-order valence-corrected chi connectivity index (χ1v) is 4.78. The summed E-state index contributed by atoms with van der Waals surface area (Å²) in [6, 6.07) is 6.07. The molecule has 4 heteroatoms. The summed E-state index contributed by atoms with van der Waals surface area (Å²) in [5.41, 5.74) is 2.92. The van der Waals surface area contributed by atoms with E-state index in [9.17, 15) is 4.39 Å². The fraction of sp³-hybridized carbons (Fsp3) is 0.455. The largest absolute Gasteiger partial charge is 0.377 e. The van der Waals surface area contributed by atoms with Crippen LogP contribution in [0.2, 0.25) is 0 Å². The van der Waals surface area contributed by atoms with E-state index < -0.39 is 5.60 Å². The van der Waals surface area contributed by atoms with Gasteiger partial charge in [-0.2, -0.15) is 0 Å². The van der Waals surface area contributed by atoms with Crippen molar-refractivity contribution in [1.29, 1.82) is 0 Å². The maximum atomic E-state index is 13.0. The summed E-state index contributed by atoms with van der Waals surface area (Å²) in [5, 5.41) is 0. The molecular weight excluding hydrogens is 195 g/mol. The van der Waals surface area contributed by atoms with Crippen molar-refractivity contribution in [3.63, 3.8) is 0 Å². The first-order valence-electron chi connectivity index (χ1n) is 4.78. The van der Waals surface area contributed by atoms with Gasteiger partial charge in [-0.1, -0.05) is 12.1 Å². The van der Waals surface area contributed by atoms with Crippen LogP contribution in [0.1, 0.15) is 25.5 Å². The molecule has 0 radical (unpaired) electrons. The second kappa shape index (κ2) is 4.70. The molecule has 0 aromatic heterocycles. The molecule has 84 valence electrons. The van der Waals surface area contributed by atoms with Gasteiger partial charge in [0.15, 0.2) is 0 Å². The van der Waals surface area contributed by atoms with Crippen LogP contribution >= 0.6 is 0 Å². The van der Waals surface area contributed by atoms with E-state index in [0.29, 0.717) is 0 Å². The lowest BCUT2D eigenvalue weighted by Crippen LogP contribution is -2.44. The van der Waals surface area contributed by atoms with E-state index in [0.717, 1.165) is 5.56 Å². The Morgan fingerprint density at radius 2 is 2.13 bits per heavy atom. The third kappa shape index (κ3) is 2.75. The molecule has 0 bridgehead atoms. The Kier molecular flexibility index (Phi) is 3.79. The standard InChI is InChI=1S/C11H17FN2O/c1-11(2,15-3)10(14-13)8-5-4-6-9(12)7-8/h4-7,10,14H,13H2,1-3H3. The van der Waals surface area contributed by atoms with Crippen molar-refractivity contribution in [2.75, 3.05) is 7.11 Å². The molecule has 0 aliphatic rings. The Hall–Kier alpha value is -0.970. The van der Waals surface area contributed by atoms with Crippen LogP contribution in [0.5, 0.6) is 0 Å². The predicted molar refractivity (Wildman–Crippen MR) is 57.6 cm³/mol. The van der Waals surface area contributed by atoms with Crippen molar-refractivity contribution in [3.8, 4) is 0 Å². The Morgan fingerprint density at radius 3 is 2.60 bits per heavy atom. The number of nitrogens with two attached hydrogens (primary N) is 1. The van der Waals surface area contributed by atoms with Crippen LogP contribution in [-0.2, 0) is 4.74 Å². The minimum absolute atomic E-state index is 0.252. The van der Waals surface area contributed by atoms with E-state index >= 15 is 0 Å². The molecule has 0 amide bonds. The molecule has 0 aliphatic heterocycles. The molecule has 0 saturated carbocycles. The minimum Gasteiger partial charge on any atom is -0.377 e. The average Bonchev–Trinajstić information content (AvgIpc) is 2.18. The molecule has 15 heavy (non-hydrogen) atoms. The van der Waals surface area contributed by atoms with E-state index in [1.807, 2.05) is 19.9 Å². The van der Waals surface area contributed by atoms with Gasteiger partial charge >= 0.3 is 0 Å². The third-order valence-corrected chi connectivity index (χ3v) is 2.57. The van der Waals surface area contributed by atoms with Crippen LogP contribution in [0.4, 0.5) is 4.39 Å². The van der Waals surface area contributed by atoms with Crippen LogP contribution in [0, 0.1) is 5.82 Å². The fourth-order valence-corrected chi connectivity index (χ4v) is 1.50. The van der Waals surface area contributed by atoms with Gasteiger partial charge in [0, 0.05) is 7.11 Å². The maximum Gasteiger partial charge on any atom is 0.123 e. The van der Waals surface area contributed by atoms with Crippen LogP contribution in [0.3, 0.4) is 0 Å². The van der Waals surface area contributed by atoms with Gasteiger partial charge in [-0.25, -0.2) is 4.39 Å². The number of halogens is 1. The Bertz CT molecular complexity index is 328. The molecule has 1 aromatic carbocycles. The molecule has 1 atom stereocenters. The topological polar surface area (TPSA) is 47.3 Å². The van der Waals surface area contributed by atoms with Crippen molar-refractivity contribution < 1.29 is 9.13 Å².